The van der Waals surface area contributed by atoms with Crippen LogP contribution in [0.4, 0.5) is 0 Å². The van der Waals surface area contributed by atoms with Crippen molar-refractivity contribution in [3.63, 3.8) is 0 Å². The Kier molecular flexibility index (Phi) is 4.75. The maximum atomic E-state index is 6.16. The number of rotatable bonds is 4. The van der Waals surface area contributed by atoms with Gasteiger partial charge < -0.3 is 5.32 Å². The van der Waals surface area contributed by atoms with Crippen LogP contribution in [0.5, 0.6) is 0 Å². The topological polar surface area (TPSA) is 24.9 Å². The molecule has 18 heavy (non-hydrogen) atoms. The Morgan fingerprint density at radius 3 is 2.72 bits per heavy atom. The predicted octanol–water partition coefficient (Wildman–Crippen LogP) is 4.35. The molecule has 1 aromatic heterocycles. The molecule has 0 radical (unpaired) electrons. The minimum atomic E-state index is 0.198. The maximum absolute atomic E-state index is 6.16. The van der Waals surface area contributed by atoms with E-state index in [4.69, 9.17) is 11.6 Å². The fraction of sp³-hybridized carbons (Fsp3) is 0.214. The molecule has 94 valence electrons. The highest BCUT2D eigenvalue weighted by Gasteiger charge is 2.08. The van der Waals surface area contributed by atoms with Crippen molar-refractivity contribution in [2.75, 3.05) is 0 Å². The van der Waals surface area contributed by atoms with Gasteiger partial charge in [-0.1, -0.05) is 29.8 Å². The van der Waals surface area contributed by atoms with Crippen LogP contribution in [-0.4, -0.2) is 4.98 Å². The van der Waals surface area contributed by atoms with Gasteiger partial charge >= 0.3 is 0 Å². The van der Waals surface area contributed by atoms with Gasteiger partial charge in [-0.05, 0) is 46.6 Å². The summed E-state index contributed by atoms with van der Waals surface area (Å²) in [5.74, 6) is 0. The van der Waals surface area contributed by atoms with Gasteiger partial charge in [-0.2, -0.15) is 0 Å². The molecule has 2 nitrogen and oxygen atoms in total. The fourth-order valence-corrected chi connectivity index (χ4v) is 2.24. The lowest BCUT2D eigenvalue weighted by atomic mass is 10.1. The molecule has 0 saturated carbocycles. The van der Waals surface area contributed by atoms with E-state index < -0.39 is 0 Å². The summed E-state index contributed by atoms with van der Waals surface area (Å²) in [5.41, 5.74) is 2.12. The molecule has 0 aliphatic rings. The van der Waals surface area contributed by atoms with Gasteiger partial charge in [0.05, 0.1) is 5.69 Å². The van der Waals surface area contributed by atoms with E-state index in [1.54, 1.807) is 6.20 Å². The van der Waals surface area contributed by atoms with Crippen LogP contribution in [-0.2, 0) is 6.54 Å². The smallest absolute Gasteiger partial charge is 0.0542 e. The van der Waals surface area contributed by atoms with Gasteiger partial charge in [0.15, 0.2) is 0 Å². The number of hydrogen-bond donors (Lipinski definition) is 1. The Labute approximate surface area is 121 Å². The van der Waals surface area contributed by atoms with Crippen molar-refractivity contribution in [3.05, 3.63) is 63.3 Å². The molecule has 1 atom stereocenters. The molecular formula is C14H14BrClN2. The third-order valence-corrected chi connectivity index (χ3v) is 3.56. The Hall–Kier alpha value is -0.900. The molecule has 0 amide bonds. The van der Waals surface area contributed by atoms with Crippen LogP contribution in [0.1, 0.15) is 24.2 Å². The van der Waals surface area contributed by atoms with E-state index >= 15 is 0 Å². The Balaban J connectivity index is 1.98. The average Bonchev–Trinajstić information content (AvgIpc) is 2.38. The summed E-state index contributed by atoms with van der Waals surface area (Å²) in [4.78, 5) is 4.32. The van der Waals surface area contributed by atoms with Crippen LogP contribution >= 0.6 is 27.5 Å². The number of halogens is 2. The Morgan fingerprint density at radius 2 is 2.06 bits per heavy atom. The monoisotopic (exact) mass is 324 g/mol. The van der Waals surface area contributed by atoms with E-state index in [1.807, 2.05) is 36.4 Å². The first-order valence-electron chi connectivity index (χ1n) is 5.75. The highest BCUT2D eigenvalue weighted by atomic mass is 79.9. The lowest BCUT2D eigenvalue weighted by molar-refractivity contribution is 0.568. The van der Waals surface area contributed by atoms with E-state index in [-0.39, 0.29) is 6.04 Å². The van der Waals surface area contributed by atoms with Crippen LogP contribution in [0.25, 0.3) is 0 Å². The second-order valence-corrected chi connectivity index (χ2v) is 5.41. The van der Waals surface area contributed by atoms with E-state index in [2.05, 4.69) is 33.2 Å². The second-order valence-electron chi connectivity index (χ2n) is 4.09. The first-order chi connectivity index (χ1) is 8.66. The van der Waals surface area contributed by atoms with Crippen molar-refractivity contribution in [1.82, 2.24) is 10.3 Å². The molecule has 0 unspecified atom stereocenters. The van der Waals surface area contributed by atoms with Crippen LogP contribution in [0.2, 0.25) is 5.02 Å². The summed E-state index contributed by atoms with van der Waals surface area (Å²) < 4.78 is 0.991. The Morgan fingerprint density at radius 1 is 1.28 bits per heavy atom. The molecule has 1 aromatic carbocycles. The minimum absolute atomic E-state index is 0.198. The van der Waals surface area contributed by atoms with E-state index in [0.717, 1.165) is 27.3 Å². The van der Waals surface area contributed by atoms with E-state index in [9.17, 15) is 0 Å². The first kappa shape index (κ1) is 13.5. The summed E-state index contributed by atoms with van der Waals surface area (Å²) in [6, 6.07) is 12.1. The van der Waals surface area contributed by atoms with Gasteiger partial charge in [0.1, 0.15) is 0 Å². The minimum Gasteiger partial charge on any atom is -0.305 e. The highest BCUT2D eigenvalue weighted by molar-refractivity contribution is 9.10. The van der Waals surface area contributed by atoms with E-state index in [1.165, 1.54) is 0 Å². The summed E-state index contributed by atoms with van der Waals surface area (Å²) in [5, 5.41) is 4.21. The van der Waals surface area contributed by atoms with Crippen molar-refractivity contribution < 1.29 is 0 Å². The molecule has 4 heteroatoms. The SMILES string of the molecule is C[C@H](NCc1ccc(Br)cn1)c1ccccc1Cl. The molecule has 0 fully saturated rings. The van der Waals surface area contributed by atoms with Crippen LogP contribution in [0.15, 0.2) is 47.1 Å². The number of nitrogens with one attached hydrogen (secondary N) is 1. The van der Waals surface area contributed by atoms with Crippen LogP contribution in [0.3, 0.4) is 0 Å². The third-order valence-electron chi connectivity index (χ3n) is 2.75. The second kappa shape index (κ2) is 6.32. The number of pyridine rings is 1. The summed E-state index contributed by atoms with van der Waals surface area (Å²) in [6.07, 6.45) is 1.80. The van der Waals surface area contributed by atoms with Gasteiger partial charge in [-0.25, -0.2) is 0 Å². The van der Waals surface area contributed by atoms with Crippen molar-refractivity contribution in [1.29, 1.82) is 0 Å². The van der Waals surface area contributed by atoms with Crippen molar-refractivity contribution in [2.24, 2.45) is 0 Å². The summed E-state index contributed by atoms with van der Waals surface area (Å²) in [7, 11) is 0. The molecule has 0 aliphatic carbocycles. The molecular weight excluding hydrogens is 312 g/mol. The van der Waals surface area contributed by atoms with Crippen molar-refractivity contribution in [2.45, 2.75) is 19.5 Å². The maximum Gasteiger partial charge on any atom is 0.0542 e. The molecule has 2 aromatic rings. The zero-order chi connectivity index (χ0) is 13.0. The van der Waals surface area contributed by atoms with Crippen LogP contribution < -0.4 is 5.32 Å². The van der Waals surface area contributed by atoms with Gasteiger partial charge in [0, 0.05) is 28.3 Å². The fourth-order valence-electron chi connectivity index (χ4n) is 1.70. The third kappa shape index (κ3) is 3.55. The van der Waals surface area contributed by atoms with Crippen LogP contribution in [0, 0.1) is 0 Å². The predicted molar refractivity (Wildman–Crippen MR) is 78.6 cm³/mol. The van der Waals surface area contributed by atoms with E-state index in [0.29, 0.717) is 0 Å². The zero-order valence-corrected chi connectivity index (χ0v) is 12.4. The normalized spacial score (nSPS) is 12.4. The lowest BCUT2D eigenvalue weighted by Gasteiger charge is -2.15. The number of benzene rings is 1. The molecule has 1 N–H and O–H groups in total. The standard InChI is InChI=1S/C14H14BrClN2/c1-10(13-4-2-3-5-14(13)16)17-9-12-7-6-11(15)8-18-12/h2-8,10,17H,9H2,1H3/t10-/m0/s1. The zero-order valence-electron chi connectivity index (χ0n) is 10.0. The summed E-state index contributed by atoms with van der Waals surface area (Å²) >= 11 is 9.53. The molecule has 0 spiro atoms. The molecule has 1 heterocycles. The number of hydrogen-bond acceptors (Lipinski definition) is 2. The molecule has 0 aliphatic heterocycles. The Bertz CT molecular complexity index is 513. The van der Waals surface area contributed by atoms with Gasteiger partial charge in [-0.3, -0.25) is 4.98 Å². The number of aromatic nitrogens is 1. The quantitative estimate of drug-likeness (QED) is 0.904. The largest absolute Gasteiger partial charge is 0.305 e. The molecule has 0 bridgehead atoms. The molecule has 0 saturated heterocycles. The summed E-state index contributed by atoms with van der Waals surface area (Å²) in [6.45, 7) is 2.82. The number of nitrogens with zero attached hydrogens (tertiary/aromatic N) is 1. The average molecular weight is 326 g/mol. The van der Waals surface area contributed by atoms with Crippen molar-refractivity contribution >= 4 is 27.5 Å². The first-order valence-corrected chi connectivity index (χ1v) is 6.92. The highest BCUT2D eigenvalue weighted by Crippen LogP contribution is 2.22. The van der Waals surface area contributed by atoms with Crippen molar-refractivity contribution in [3.8, 4) is 0 Å². The van der Waals surface area contributed by atoms with Gasteiger partial charge in [0.2, 0.25) is 0 Å². The van der Waals surface area contributed by atoms with Gasteiger partial charge in [-0.15, -0.1) is 0 Å². The van der Waals surface area contributed by atoms with Gasteiger partial charge in [0.25, 0.3) is 0 Å². The lowest BCUT2D eigenvalue weighted by Crippen LogP contribution is -2.19. The molecule has 2 rings (SSSR count).